The van der Waals surface area contributed by atoms with Crippen LogP contribution in [0.5, 0.6) is 0 Å². The summed E-state index contributed by atoms with van der Waals surface area (Å²) in [5.74, 6) is 0.746. The summed E-state index contributed by atoms with van der Waals surface area (Å²) < 4.78 is 28.4. The van der Waals surface area contributed by atoms with Crippen LogP contribution in [0.1, 0.15) is 32.5 Å². The zero-order chi connectivity index (χ0) is 14.5. The Kier molecular flexibility index (Phi) is 6.49. The van der Waals surface area contributed by atoms with Crippen molar-refractivity contribution in [1.29, 1.82) is 0 Å². The van der Waals surface area contributed by atoms with Crippen molar-refractivity contribution in [2.45, 2.75) is 45.2 Å². The fourth-order valence-electron chi connectivity index (χ4n) is 1.90. The zero-order valence-corrected chi connectivity index (χ0v) is 14.2. The Morgan fingerprint density at radius 1 is 1.32 bits per heavy atom. The van der Waals surface area contributed by atoms with Crippen molar-refractivity contribution >= 4 is 26.0 Å². The molecule has 0 unspecified atom stereocenters. The van der Waals surface area contributed by atoms with Crippen LogP contribution in [0.4, 0.5) is 0 Å². The van der Waals surface area contributed by atoms with Crippen molar-refractivity contribution in [3.8, 4) is 0 Å². The third kappa shape index (κ3) is 4.03. The third-order valence-electron chi connectivity index (χ3n) is 2.83. The molecule has 0 aliphatic carbocycles. The van der Waals surface area contributed by atoms with E-state index in [1.165, 1.54) is 4.31 Å². The van der Waals surface area contributed by atoms with Gasteiger partial charge in [0.25, 0.3) is 10.0 Å². The normalized spacial score (nSPS) is 12.3. The molecule has 0 fully saturated rings. The molecule has 1 heterocycles. The summed E-state index contributed by atoms with van der Waals surface area (Å²) >= 11 is 3.30. The number of aryl methyl sites for hydroxylation is 2. The van der Waals surface area contributed by atoms with Crippen molar-refractivity contribution in [3.05, 3.63) is 12.0 Å². The van der Waals surface area contributed by atoms with E-state index < -0.39 is 10.0 Å². The van der Waals surface area contributed by atoms with Gasteiger partial charge >= 0.3 is 0 Å². The maximum absolute atomic E-state index is 12.5. The number of sulfonamides is 1. The van der Waals surface area contributed by atoms with Gasteiger partial charge in [-0.2, -0.15) is 4.31 Å². The van der Waals surface area contributed by atoms with E-state index in [9.17, 15) is 8.42 Å². The van der Waals surface area contributed by atoms with E-state index in [-0.39, 0.29) is 5.03 Å². The lowest BCUT2D eigenvalue weighted by atomic mass is 10.5. The maximum Gasteiger partial charge on any atom is 0.262 e. The molecule has 0 saturated heterocycles. The second-order valence-electron chi connectivity index (χ2n) is 4.41. The molecular formula is C12H22BrN3O2S. The topological polar surface area (TPSA) is 55.2 Å². The Labute approximate surface area is 124 Å². The van der Waals surface area contributed by atoms with E-state index in [4.69, 9.17) is 0 Å². The van der Waals surface area contributed by atoms with Crippen LogP contribution in [-0.2, 0) is 16.6 Å². The monoisotopic (exact) mass is 351 g/mol. The molecule has 0 aromatic carbocycles. The SMILES string of the molecule is CCCN(CCBr)S(=O)(=O)c1cn(CCC)c(C)n1. The van der Waals surface area contributed by atoms with Gasteiger partial charge in [-0.15, -0.1) is 0 Å². The lowest BCUT2D eigenvalue weighted by Crippen LogP contribution is -2.33. The molecule has 1 aromatic heterocycles. The number of hydrogen-bond acceptors (Lipinski definition) is 3. The number of alkyl halides is 1. The Hall–Kier alpha value is -0.400. The standard InChI is InChI=1S/C12H22BrN3O2S/c1-4-7-15-10-12(14-11(15)3)19(17,18)16(8-5-2)9-6-13/h10H,4-9H2,1-3H3. The Morgan fingerprint density at radius 3 is 2.53 bits per heavy atom. The maximum atomic E-state index is 12.5. The fraction of sp³-hybridized carbons (Fsp3) is 0.750. The van der Waals surface area contributed by atoms with E-state index in [1.807, 2.05) is 18.4 Å². The van der Waals surface area contributed by atoms with Crippen LogP contribution in [0.15, 0.2) is 11.2 Å². The van der Waals surface area contributed by atoms with Gasteiger partial charge in [0, 0.05) is 31.2 Å². The molecule has 7 heteroatoms. The van der Waals surface area contributed by atoms with Gasteiger partial charge in [-0.05, 0) is 19.8 Å². The molecule has 5 nitrogen and oxygen atoms in total. The minimum absolute atomic E-state index is 0.160. The molecule has 0 spiro atoms. The molecule has 0 aliphatic heterocycles. The average molecular weight is 352 g/mol. The quantitative estimate of drug-likeness (QED) is 0.675. The second-order valence-corrected chi connectivity index (χ2v) is 7.09. The molecule has 0 aliphatic rings. The summed E-state index contributed by atoms with van der Waals surface area (Å²) in [5.41, 5.74) is 0. The zero-order valence-electron chi connectivity index (χ0n) is 11.8. The van der Waals surface area contributed by atoms with Gasteiger partial charge in [0.05, 0.1) is 0 Å². The molecular weight excluding hydrogens is 330 g/mol. The van der Waals surface area contributed by atoms with E-state index in [0.29, 0.717) is 18.4 Å². The molecule has 19 heavy (non-hydrogen) atoms. The summed E-state index contributed by atoms with van der Waals surface area (Å²) in [7, 11) is -3.47. The molecule has 0 saturated carbocycles. The predicted octanol–water partition coefficient (Wildman–Crippen LogP) is 2.40. The minimum atomic E-state index is -3.47. The van der Waals surface area contributed by atoms with Crippen LogP contribution in [-0.4, -0.2) is 40.7 Å². The first-order valence-corrected chi connectivity index (χ1v) is 9.13. The first-order chi connectivity index (χ1) is 8.97. The highest BCUT2D eigenvalue weighted by atomic mass is 79.9. The fourth-order valence-corrected chi connectivity index (χ4v) is 4.09. The van der Waals surface area contributed by atoms with E-state index in [0.717, 1.165) is 25.2 Å². The van der Waals surface area contributed by atoms with Gasteiger partial charge in [-0.3, -0.25) is 0 Å². The number of aromatic nitrogens is 2. The highest BCUT2D eigenvalue weighted by Crippen LogP contribution is 2.16. The molecule has 1 aromatic rings. The Morgan fingerprint density at radius 2 is 2.00 bits per heavy atom. The average Bonchev–Trinajstić information content (AvgIpc) is 2.72. The van der Waals surface area contributed by atoms with Gasteiger partial charge in [-0.25, -0.2) is 13.4 Å². The van der Waals surface area contributed by atoms with Gasteiger partial charge in [0.1, 0.15) is 5.82 Å². The molecule has 0 N–H and O–H groups in total. The molecule has 0 bridgehead atoms. The van der Waals surface area contributed by atoms with Crippen LogP contribution >= 0.6 is 15.9 Å². The largest absolute Gasteiger partial charge is 0.334 e. The van der Waals surface area contributed by atoms with Crippen molar-refractivity contribution in [3.63, 3.8) is 0 Å². The van der Waals surface area contributed by atoms with Gasteiger partial charge < -0.3 is 4.57 Å². The van der Waals surface area contributed by atoms with Crippen molar-refractivity contribution in [2.75, 3.05) is 18.4 Å². The van der Waals surface area contributed by atoms with Crippen LogP contribution < -0.4 is 0 Å². The van der Waals surface area contributed by atoms with E-state index in [1.54, 1.807) is 6.20 Å². The van der Waals surface area contributed by atoms with E-state index in [2.05, 4.69) is 27.8 Å². The number of halogens is 1. The predicted molar refractivity (Wildman–Crippen MR) is 80.1 cm³/mol. The first kappa shape index (κ1) is 16.7. The lowest BCUT2D eigenvalue weighted by Gasteiger charge is -2.18. The summed E-state index contributed by atoms with van der Waals surface area (Å²) in [6.07, 6.45) is 3.39. The number of imidazole rings is 1. The number of hydrogen-bond donors (Lipinski definition) is 0. The lowest BCUT2D eigenvalue weighted by molar-refractivity contribution is 0.428. The highest BCUT2D eigenvalue weighted by Gasteiger charge is 2.26. The molecule has 0 amide bonds. The first-order valence-electron chi connectivity index (χ1n) is 6.57. The molecule has 0 atom stereocenters. The molecule has 110 valence electrons. The second kappa shape index (κ2) is 7.40. The van der Waals surface area contributed by atoms with Crippen LogP contribution in [0.2, 0.25) is 0 Å². The Bertz CT molecular complexity index is 493. The Balaban J connectivity index is 3.06. The van der Waals surface area contributed by atoms with Gasteiger partial charge in [0.2, 0.25) is 0 Å². The van der Waals surface area contributed by atoms with E-state index >= 15 is 0 Å². The summed E-state index contributed by atoms with van der Waals surface area (Å²) in [5, 5.41) is 0.786. The highest BCUT2D eigenvalue weighted by molar-refractivity contribution is 9.09. The van der Waals surface area contributed by atoms with Crippen LogP contribution in [0.3, 0.4) is 0 Å². The number of rotatable bonds is 8. The summed E-state index contributed by atoms with van der Waals surface area (Å²) in [4.78, 5) is 4.20. The van der Waals surface area contributed by atoms with Crippen molar-refractivity contribution < 1.29 is 8.42 Å². The summed E-state index contributed by atoms with van der Waals surface area (Å²) in [6.45, 7) is 7.65. The van der Waals surface area contributed by atoms with Crippen LogP contribution in [0, 0.1) is 6.92 Å². The molecule has 0 radical (unpaired) electrons. The molecule has 1 rings (SSSR count). The smallest absolute Gasteiger partial charge is 0.262 e. The van der Waals surface area contributed by atoms with Crippen LogP contribution in [0.25, 0.3) is 0 Å². The van der Waals surface area contributed by atoms with Gasteiger partial charge in [-0.1, -0.05) is 29.8 Å². The summed E-state index contributed by atoms with van der Waals surface area (Å²) in [6, 6.07) is 0. The van der Waals surface area contributed by atoms with Gasteiger partial charge in [0.15, 0.2) is 5.03 Å². The van der Waals surface area contributed by atoms with Crippen molar-refractivity contribution in [2.24, 2.45) is 0 Å². The minimum Gasteiger partial charge on any atom is -0.334 e. The third-order valence-corrected chi connectivity index (χ3v) is 4.95. The number of nitrogens with zero attached hydrogens (tertiary/aromatic N) is 3. The van der Waals surface area contributed by atoms with Crippen molar-refractivity contribution in [1.82, 2.24) is 13.9 Å².